The highest BCUT2D eigenvalue weighted by Gasteiger charge is 2.20. The number of anilines is 2. The molecular formula is C12H19N5O2. The Morgan fingerprint density at radius 1 is 1.42 bits per heavy atom. The Kier molecular flexibility index (Phi) is 4.16. The Bertz CT molecular complexity index is 457. The molecule has 1 heterocycles. The van der Waals surface area contributed by atoms with Crippen molar-refractivity contribution < 1.29 is 9.90 Å². The third-order valence-electron chi connectivity index (χ3n) is 3.32. The standard InChI is InChI=1S/C12H19N5O2/c1-14-11-9(10(13)19)6-15-12(17-11)16-7-2-4-8(18)5-3-7/h6-8,18H,2-5H2,1H3,(H2,13,19)(H2,14,15,16,17). The summed E-state index contributed by atoms with van der Waals surface area (Å²) < 4.78 is 0. The third-order valence-corrected chi connectivity index (χ3v) is 3.32. The first-order valence-corrected chi connectivity index (χ1v) is 6.39. The van der Waals surface area contributed by atoms with Crippen LogP contribution in [-0.2, 0) is 0 Å². The Morgan fingerprint density at radius 2 is 2.11 bits per heavy atom. The van der Waals surface area contributed by atoms with Gasteiger partial charge in [0.25, 0.3) is 5.91 Å². The second-order valence-electron chi connectivity index (χ2n) is 4.72. The van der Waals surface area contributed by atoms with Crippen LogP contribution in [0.5, 0.6) is 0 Å². The van der Waals surface area contributed by atoms with Gasteiger partial charge in [0, 0.05) is 19.3 Å². The molecule has 5 N–H and O–H groups in total. The van der Waals surface area contributed by atoms with E-state index in [0.717, 1.165) is 25.7 Å². The smallest absolute Gasteiger partial charge is 0.254 e. The van der Waals surface area contributed by atoms with E-state index in [9.17, 15) is 9.90 Å². The van der Waals surface area contributed by atoms with Gasteiger partial charge in [-0.1, -0.05) is 0 Å². The van der Waals surface area contributed by atoms with Gasteiger partial charge in [-0.15, -0.1) is 0 Å². The highest BCUT2D eigenvalue weighted by atomic mass is 16.3. The van der Waals surface area contributed by atoms with Gasteiger partial charge in [-0.05, 0) is 25.7 Å². The summed E-state index contributed by atoms with van der Waals surface area (Å²) in [4.78, 5) is 19.5. The molecule has 0 saturated heterocycles. The van der Waals surface area contributed by atoms with Gasteiger partial charge in [0.1, 0.15) is 5.82 Å². The van der Waals surface area contributed by atoms with Gasteiger partial charge in [0.15, 0.2) is 0 Å². The number of rotatable bonds is 4. The first-order valence-electron chi connectivity index (χ1n) is 6.39. The molecule has 0 aromatic carbocycles. The van der Waals surface area contributed by atoms with Crippen molar-refractivity contribution in [1.82, 2.24) is 9.97 Å². The summed E-state index contributed by atoms with van der Waals surface area (Å²) in [5.41, 5.74) is 5.50. The van der Waals surface area contributed by atoms with Crippen LogP contribution in [0.25, 0.3) is 0 Å². The number of hydrogen-bond donors (Lipinski definition) is 4. The van der Waals surface area contributed by atoms with Crippen LogP contribution < -0.4 is 16.4 Å². The van der Waals surface area contributed by atoms with E-state index >= 15 is 0 Å². The largest absolute Gasteiger partial charge is 0.393 e. The van der Waals surface area contributed by atoms with Gasteiger partial charge >= 0.3 is 0 Å². The Labute approximate surface area is 111 Å². The normalized spacial score (nSPS) is 22.8. The Balaban J connectivity index is 2.07. The van der Waals surface area contributed by atoms with Crippen molar-refractivity contribution in [2.24, 2.45) is 5.73 Å². The van der Waals surface area contributed by atoms with Gasteiger partial charge in [0.2, 0.25) is 5.95 Å². The molecule has 2 rings (SSSR count). The van der Waals surface area contributed by atoms with Gasteiger partial charge in [-0.3, -0.25) is 4.79 Å². The van der Waals surface area contributed by atoms with Crippen molar-refractivity contribution in [3.8, 4) is 0 Å². The summed E-state index contributed by atoms with van der Waals surface area (Å²) >= 11 is 0. The molecule has 1 aliphatic carbocycles. The zero-order valence-corrected chi connectivity index (χ0v) is 10.9. The lowest BCUT2D eigenvalue weighted by Gasteiger charge is -2.26. The lowest BCUT2D eigenvalue weighted by atomic mass is 9.93. The molecule has 1 amide bonds. The molecule has 7 nitrogen and oxygen atoms in total. The Hall–Kier alpha value is -1.89. The van der Waals surface area contributed by atoms with E-state index in [-0.39, 0.29) is 17.7 Å². The van der Waals surface area contributed by atoms with E-state index in [0.29, 0.717) is 11.8 Å². The number of carbonyl (C=O) groups excluding carboxylic acids is 1. The molecule has 1 fully saturated rings. The first kappa shape index (κ1) is 13.5. The maximum absolute atomic E-state index is 11.2. The van der Waals surface area contributed by atoms with E-state index < -0.39 is 5.91 Å². The van der Waals surface area contributed by atoms with Gasteiger partial charge in [-0.25, -0.2) is 4.98 Å². The highest BCUT2D eigenvalue weighted by Crippen LogP contribution is 2.21. The van der Waals surface area contributed by atoms with E-state index in [1.165, 1.54) is 6.20 Å². The molecule has 0 aliphatic heterocycles. The number of aromatic nitrogens is 2. The molecule has 104 valence electrons. The molecule has 7 heteroatoms. The number of nitrogens with zero attached hydrogens (tertiary/aromatic N) is 2. The number of carbonyl (C=O) groups is 1. The molecule has 0 unspecified atom stereocenters. The van der Waals surface area contributed by atoms with Crippen molar-refractivity contribution in [3.05, 3.63) is 11.8 Å². The molecule has 0 atom stereocenters. The minimum Gasteiger partial charge on any atom is -0.393 e. The number of nitrogens with two attached hydrogens (primary N) is 1. The summed E-state index contributed by atoms with van der Waals surface area (Å²) in [6.07, 6.45) is 4.57. The van der Waals surface area contributed by atoms with Crippen LogP contribution in [0.15, 0.2) is 6.20 Å². The van der Waals surface area contributed by atoms with E-state index in [2.05, 4.69) is 20.6 Å². The van der Waals surface area contributed by atoms with Crippen LogP contribution >= 0.6 is 0 Å². The number of aliphatic hydroxyl groups excluding tert-OH is 1. The maximum Gasteiger partial charge on any atom is 0.254 e. The first-order chi connectivity index (χ1) is 9.10. The molecule has 1 aromatic heterocycles. The fraction of sp³-hybridized carbons (Fsp3) is 0.583. The molecule has 0 radical (unpaired) electrons. The molecule has 1 aliphatic rings. The summed E-state index contributed by atoms with van der Waals surface area (Å²) in [6.45, 7) is 0. The topological polar surface area (TPSA) is 113 Å². The van der Waals surface area contributed by atoms with E-state index in [1.807, 2.05) is 0 Å². The summed E-state index contributed by atoms with van der Waals surface area (Å²) in [5.74, 6) is 0.327. The summed E-state index contributed by atoms with van der Waals surface area (Å²) in [7, 11) is 1.68. The molecule has 1 aromatic rings. The molecule has 0 spiro atoms. The average molecular weight is 265 g/mol. The zero-order valence-electron chi connectivity index (χ0n) is 10.9. The van der Waals surface area contributed by atoms with Crippen LogP contribution in [0.1, 0.15) is 36.0 Å². The second kappa shape index (κ2) is 5.83. The zero-order chi connectivity index (χ0) is 13.8. The highest BCUT2D eigenvalue weighted by molar-refractivity contribution is 5.97. The fourth-order valence-corrected chi connectivity index (χ4v) is 2.22. The number of hydrogen-bond acceptors (Lipinski definition) is 6. The van der Waals surface area contributed by atoms with Crippen molar-refractivity contribution in [2.75, 3.05) is 17.7 Å². The van der Waals surface area contributed by atoms with Gasteiger partial charge in [-0.2, -0.15) is 4.98 Å². The molecule has 19 heavy (non-hydrogen) atoms. The minimum atomic E-state index is -0.559. The van der Waals surface area contributed by atoms with Crippen molar-refractivity contribution in [1.29, 1.82) is 0 Å². The van der Waals surface area contributed by atoms with E-state index in [1.54, 1.807) is 7.05 Å². The summed E-state index contributed by atoms with van der Waals surface area (Å²) in [5, 5.41) is 15.5. The van der Waals surface area contributed by atoms with Crippen molar-refractivity contribution in [2.45, 2.75) is 37.8 Å². The van der Waals surface area contributed by atoms with Crippen LogP contribution in [0.2, 0.25) is 0 Å². The number of amides is 1. The summed E-state index contributed by atoms with van der Waals surface area (Å²) in [6, 6.07) is 0.257. The molecule has 1 saturated carbocycles. The van der Waals surface area contributed by atoms with Crippen LogP contribution in [0.3, 0.4) is 0 Å². The second-order valence-corrected chi connectivity index (χ2v) is 4.72. The molecular weight excluding hydrogens is 246 g/mol. The number of primary amides is 1. The quantitative estimate of drug-likeness (QED) is 0.624. The van der Waals surface area contributed by atoms with Crippen LogP contribution in [-0.4, -0.2) is 40.2 Å². The van der Waals surface area contributed by atoms with E-state index in [4.69, 9.17) is 5.73 Å². The van der Waals surface area contributed by atoms with Crippen molar-refractivity contribution in [3.63, 3.8) is 0 Å². The lowest BCUT2D eigenvalue weighted by molar-refractivity contribution is 0.100. The van der Waals surface area contributed by atoms with Crippen LogP contribution in [0, 0.1) is 0 Å². The minimum absolute atomic E-state index is 0.191. The predicted octanol–water partition coefficient (Wildman–Crippen LogP) is 0.333. The monoisotopic (exact) mass is 265 g/mol. The number of nitrogens with one attached hydrogen (secondary N) is 2. The maximum atomic E-state index is 11.2. The van der Waals surface area contributed by atoms with Crippen molar-refractivity contribution >= 4 is 17.7 Å². The Morgan fingerprint density at radius 3 is 2.68 bits per heavy atom. The third kappa shape index (κ3) is 3.31. The van der Waals surface area contributed by atoms with Crippen LogP contribution in [0.4, 0.5) is 11.8 Å². The lowest BCUT2D eigenvalue weighted by Crippen LogP contribution is -2.29. The average Bonchev–Trinajstić information content (AvgIpc) is 2.41. The number of aliphatic hydroxyl groups is 1. The SMILES string of the molecule is CNc1nc(NC2CCC(O)CC2)ncc1C(N)=O. The molecule has 0 bridgehead atoms. The fourth-order valence-electron chi connectivity index (χ4n) is 2.22. The van der Waals surface area contributed by atoms with Gasteiger partial charge < -0.3 is 21.5 Å². The van der Waals surface area contributed by atoms with Gasteiger partial charge in [0.05, 0.1) is 11.7 Å². The predicted molar refractivity (Wildman–Crippen MR) is 72.0 cm³/mol.